The zero-order chi connectivity index (χ0) is 20.8. The van der Waals surface area contributed by atoms with Crippen molar-refractivity contribution in [3.05, 3.63) is 58.4 Å². The van der Waals surface area contributed by atoms with Crippen LogP contribution in [-0.4, -0.2) is 36.2 Å². The molecule has 29 heavy (non-hydrogen) atoms. The largest absolute Gasteiger partial charge is 0.483 e. The number of hydrogen-bond acceptors (Lipinski definition) is 3. The molecule has 1 aliphatic carbocycles. The third-order valence-corrected chi connectivity index (χ3v) is 5.21. The van der Waals surface area contributed by atoms with E-state index in [1.165, 1.54) is 18.2 Å². The number of fused-ring (bicyclic) bond motifs is 1. The molecule has 0 spiro atoms. The van der Waals surface area contributed by atoms with Gasteiger partial charge in [0.05, 0.1) is 13.1 Å². The van der Waals surface area contributed by atoms with E-state index in [0.29, 0.717) is 22.1 Å². The van der Waals surface area contributed by atoms with Crippen LogP contribution in [0.2, 0.25) is 5.02 Å². The highest BCUT2D eigenvalue weighted by molar-refractivity contribution is 6.30. The number of rotatable bonds is 4. The van der Waals surface area contributed by atoms with E-state index >= 15 is 0 Å². The Morgan fingerprint density at radius 1 is 1.07 bits per heavy atom. The second kappa shape index (κ2) is 7.40. The molecule has 0 unspecified atom stereocenters. The Morgan fingerprint density at radius 3 is 2.55 bits per heavy atom. The average molecular weight is 430 g/mol. The molecule has 1 heterocycles. The molecule has 4 nitrogen and oxygen atoms in total. The van der Waals surface area contributed by atoms with Gasteiger partial charge in [0.1, 0.15) is 18.0 Å². The first-order valence-corrected chi connectivity index (χ1v) is 9.36. The van der Waals surface area contributed by atoms with Crippen LogP contribution in [0.5, 0.6) is 11.5 Å². The van der Waals surface area contributed by atoms with Crippen molar-refractivity contribution in [1.82, 2.24) is 4.90 Å². The summed E-state index contributed by atoms with van der Waals surface area (Å²) in [6, 6.07) is 9.29. The molecule has 0 N–H and O–H groups in total. The molecule has 1 saturated heterocycles. The first-order chi connectivity index (χ1) is 13.7. The molecule has 2 aromatic carbocycles. The third kappa shape index (κ3) is 4.12. The summed E-state index contributed by atoms with van der Waals surface area (Å²) in [5.74, 6) is -1.61. The summed E-state index contributed by atoms with van der Waals surface area (Å²) in [7, 11) is 0. The fourth-order valence-electron chi connectivity index (χ4n) is 3.52. The summed E-state index contributed by atoms with van der Waals surface area (Å²) in [6.07, 6.45) is -4.45. The van der Waals surface area contributed by atoms with Crippen molar-refractivity contribution in [3.63, 3.8) is 0 Å². The van der Waals surface area contributed by atoms with Gasteiger partial charge in [-0.15, -0.1) is 0 Å². The third-order valence-electron chi connectivity index (χ3n) is 4.98. The van der Waals surface area contributed by atoms with Gasteiger partial charge in [0.15, 0.2) is 11.5 Å². The molecule has 0 bridgehead atoms. The van der Waals surface area contributed by atoms with Crippen molar-refractivity contribution in [3.8, 4) is 11.5 Å². The maximum absolute atomic E-state index is 13.6. The van der Waals surface area contributed by atoms with Gasteiger partial charge in [-0.05, 0) is 48.2 Å². The number of hydrogen-bond donors (Lipinski definition) is 0. The summed E-state index contributed by atoms with van der Waals surface area (Å²) < 4.78 is 62.8. The summed E-state index contributed by atoms with van der Waals surface area (Å²) in [6.45, 7) is -0.358. The first kappa shape index (κ1) is 19.8. The monoisotopic (exact) mass is 429 g/mol. The average Bonchev–Trinajstić information content (AvgIpc) is 3.00. The number of halogens is 5. The van der Waals surface area contributed by atoms with Crippen molar-refractivity contribution in [2.24, 2.45) is 0 Å². The number of ether oxygens (including phenoxy) is 2. The Hall–Kier alpha value is -2.48. The number of carbonyl (C=O) groups is 1. The molecular formula is C20H16ClF4NO3. The molecular weight excluding hydrogens is 414 g/mol. The summed E-state index contributed by atoms with van der Waals surface area (Å²) >= 11 is 6.02. The lowest BCUT2D eigenvalue weighted by molar-refractivity contribution is -0.193. The molecule has 0 saturated carbocycles. The van der Waals surface area contributed by atoms with Crippen molar-refractivity contribution >= 4 is 17.5 Å². The van der Waals surface area contributed by atoms with Crippen LogP contribution < -0.4 is 9.47 Å². The summed E-state index contributed by atoms with van der Waals surface area (Å²) in [5.41, 5.74) is 1.77. The molecule has 154 valence electrons. The highest BCUT2D eigenvalue weighted by Crippen LogP contribution is 2.40. The molecule has 1 amide bonds. The lowest BCUT2D eigenvalue weighted by Crippen LogP contribution is -2.59. The van der Waals surface area contributed by atoms with Crippen LogP contribution in [0.4, 0.5) is 17.6 Å². The molecule has 4 rings (SSSR count). The van der Waals surface area contributed by atoms with E-state index in [9.17, 15) is 22.4 Å². The van der Waals surface area contributed by atoms with Gasteiger partial charge < -0.3 is 14.4 Å². The fraction of sp³-hybridized carbons (Fsp3) is 0.350. The normalized spacial score (nSPS) is 18.9. The molecule has 0 aromatic heterocycles. The maximum atomic E-state index is 13.6. The Bertz CT molecular complexity index is 944. The van der Waals surface area contributed by atoms with Gasteiger partial charge in [0.25, 0.3) is 0 Å². The van der Waals surface area contributed by atoms with E-state index in [1.807, 2.05) is 0 Å². The number of nitrogens with zero attached hydrogens (tertiary/aromatic N) is 1. The Balaban J connectivity index is 1.46. The number of aryl methyl sites for hydroxylation is 1. The van der Waals surface area contributed by atoms with Crippen LogP contribution in [-0.2, 0) is 11.2 Å². The topological polar surface area (TPSA) is 38.8 Å². The van der Waals surface area contributed by atoms with Gasteiger partial charge in [-0.1, -0.05) is 17.7 Å². The zero-order valence-electron chi connectivity index (χ0n) is 15.0. The van der Waals surface area contributed by atoms with Gasteiger partial charge in [0.2, 0.25) is 0 Å². The quantitative estimate of drug-likeness (QED) is 0.661. The van der Waals surface area contributed by atoms with E-state index in [1.54, 1.807) is 18.2 Å². The highest BCUT2D eigenvalue weighted by Gasteiger charge is 2.47. The standard InChI is InChI=1S/C20H16ClF4NO3/c21-12-3-6-17(29-16-5-2-11-1-4-13(22)8-15(11)16)18(7-12)28-14-9-26(10-14)19(27)20(23,24)25/h1,3-4,6-8,14,16H,2,5,9-10H2/t16-/m0/s1. The van der Waals surface area contributed by atoms with Crippen molar-refractivity contribution in [2.75, 3.05) is 13.1 Å². The fourth-order valence-corrected chi connectivity index (χ4v) is 3.68. The van der Waals surface area contributed by atoms with E-state index in [4.69, 9.17) is 21.1 Å². The van der Waals surface area contributed by atoms with Gasteiger partial charge in [-0.25, -0.2) is 4.39 Å². The van der Waals surface area contributed by atoms with Gasteiger partial charge in [-0.2, -0.15) is 13.2 Å². The van der Waals surface area contributed by atoms with Crippen molar-refractivity contribution < 1.29 is 31.8 Å². The molecule has 0 radical (unpaired) electrons. The van der Waals surface area contributed by atoms with E-state index in [0.717, 1.165) is 17.5 Å². The SMILES string of the molecule is O=C(N1CC(Oc2cc(Cl)ccc2O[C@H]2CCc3ccc(F)cc32)C1)C(F)(F)F. The van der Waals surface area contributed by atoms with E-state index < -0.39 is 18.2 Å². The first-order valence-electron chi connectivity index (χ1n) is 8.98. The highest BCUT2D eigenvalue weighted by atomic mass is 35.5. The van der Waals surface area contributed by atoms with Crippen molar-refractivity contribution in [1.29, 1.82) is 0 Å². The summed E-state index contributed by atoms with van der Waals surface area (Å²) in [4.78, 5) is 11.9. The number of likely N-dealkylation sites (tertiary alicyclic amines) is 1. The van der Waals surface area contributed by atoms with Gasteiger partial charge in [0, 0.05) is 11.1 Å². The van der Waals surface area contributed by atoms with Crippen LogP contribution >= 0.6 is 11.6 Å². The van der Waals surface area contributed by atoms with E-state index in [-0.39, 0.29) is 30.8 Å². The number of benzene rings is 2. The number of carbonyl (C=O) groups excluding carboxylic acids is 1. The number of amides is 1. The predicted octanol–water partition coefficient (Wildman–Crippen LogP) is 4.70. The summed E-state index contributed by atoms with van der Waals surface area (Å²) in [5, 5.41) is 0.368. The minimum atomic E-state index is -4.90. The molecule has 2 aromatic rings. The van der Waals surface area contributed by atoms with Crippen LogP contribution in [0, 0.1) is 5.82 Å². The van der Waals surface area contributed by atoms with Crippen molar-refractivity contribution in [2.45, 2.75) is 31.2 Å². The second-order valence-electron chi connectivity index (χ2n) is 7.03. The second-order valence-corrected chi connectivity index (χ2v) is 7.46. The smallest absolute Gasteiger partial charge is 0.471 e. The van der Waals surface area contributed by atoms with Gasteiger partial charge in [-0.3, -0.25) is 4.79 Å². The molecule has 1 fully saturated rings. The van der Waals surface area contributed by atoms with Crippen LogP contribution in [0.3, 0.4) is 0 Å². The minimum absolute atomic E-state index is 0.179. The number of alkyl halides is 3. The lowest BCUT2D eigenvalue weighted by atomic mass is 10.1. The lowest BCUT2D eigenvalue weighted by Gasteiger charge is -2.39. The predicted molar refractivity (Wildman–Crippen MR) is 96.6 cm³/mol. The Morgan fingerprint density at radius 2 is 1.83 bits per heavy atom. The van der Waals surface area contributed by atoms with Gasteiger partial charge >= 0.3 is 12.1 Å². The van der Waals surface area contributed by atoms with Crippen LogP contribution in [0.1, 0.15) is 23.7 Å². The molecule has 1 atom stereocenters. The molecule has 1 aliphatic heterocycles. The Labute approximate surface area is 169 Å². The zero-order valence-corrected chi connectivity index (χ0v) is 15.8. The van der Waals surface area contributed by atoms with Crippen LogP contribution in [0.25, 0.3) is 0 Å². The maximum Gasteiger partial charge on any atom is 0.471 e. The Kier molecular flexibility index (Phi) is 5.06. The molecule has 2 aliphatic rings. The van der Waals surface area contributed by atoms with Crippen LogP contribution in [0.15, 0.2) is 36.4 Å². The molecule has 9 heteroatoms. The minimum Gasteiger partial charge on any atom is -0.483 e. The van der Waals surface area contributed by atoms with E-state index in [2.05, 4.69) is 0 Å².